The zero-order chi connectivity index (χ0) is 16.8. The van der Waals surface area contributed by atoms with E-state index in [9.17, 15) is 9.59 Å². The van der Waals surface area contributed by atoms with E-state index in [2.05, 4.69) is 21.2 Å². The van der Waals surface area contributed by atoms with Gasteiger partial charge in [-0.15, -0.1) is 0 Å². The molecule has 0 aliphatic carbocycles. The molecule has 0 spiro atoms. The van der Waals surface area contributed by atoms with Gasteiger partial charge in [0.25, 0.3) is 5.91 Å². The van der Waals surface area contributed by atoms with Gasteiger partial charge in [0.05, 0.1) is 0 Å². The Morgan fingerprint density at radius 2 is 1.91 bits per heavy atom. The van der Waals surface area contributed by atoms with Crippen molar-refractivity contribution in [1.29, 1.82) is 0 Å². The molecule has 126 valence electrons. The Morgan fingerprint density at radius 3 is 2.48 bits per heavy atom. The molecule has 0 radical (unpaired) electrons. The fourth-order valence-electron chi connectivity index (χ4n) is 2.81. The topological polar surface area (TPSA) is 52.7 Å². The Bertz CT molecular complexity index is 553. The third-order valence-electron chi connectivity index (χ3n) is 4.22. The summed E-state index contributed by atoms with van der Waals surface area (Å²) in [6.07, 6.45) is 1.60. The van der Waals surface area contributed by atoms with Gasteiger partial charge in [0.15, 0.2) is 0 Å². The maximum absolute atomic E-state index is 12.3. The minimum atomic E-state index is -0.0557. The Morgan fingerprint density at radius 1 is 1.26 bits per heavy atom. The summed E-state index contributed by atoms with van der Waals surface area (Å²) >= 11 is 3.38. The van der Waals surface area contributed by atoms with Crippen LogP contribution in [0.2, 0.25) is 0 Å². The Hall–Kier alpha value is -1.56. The number of hydrogen-bond donors (Lipinski definition) is 1. The van der Waals surface area contributed by atoms with Gasteiger partial charge >= 0.3 is 6.03 Å². The number of likely N-dealkylation sites (tertiary alicyclic amines) is 1. The maximum atomic E-state index is 12.3. The number of rotatable bonds is 4. The molecule has 0 unspecified atom stereocenters. The van der Waals surface area contributed by atoms with E-state index in [1.165, 1.54) is 0 Å². The molecule has 3 amide bonds. The van der Waals surface area contributed by atoms with Gasteiger partial charge in [0, 0.05) is 42.3 Å². The SMILES string of the molecule is CCN(CC)C(=O)N1CCC(NC(=O)c2cccc(Br)c2)CC1. The number of benzene rings is 1. The Labute approximate surface area is 146 Å². The number of carbonyl (C=O) groups excluding carboxylic acids is 2. The lowest BCUT2D eigenvalue weighted by Crippen LogP contribution is -2.50. The molecule has 5 nitrogen and oxygen atoms in total. The molecule has 0 aromatic heterocycles. The highest BCUT2D eigenvalue weighted by Crippen LogP contribution is 2.15. The number of hydrogen-bond acceptors (Lipinski definition) is 2. The van der Waals surface area contributed by atoms with Gasteiger partial charge in [-0.2, -0.15) is 0 Å². The van der Waals surface area contributed by atoms with Crippen molar-refractivity contribution in [1.82, 2.24) is 15.1 Å². The van der Waals surface area contributed by atoms with Crippen molar-refractivity contribution in [3.63, 3.8) is 0 Å². The molecule has 1 heterocycles. The van der Waals surface area contributed by atoms with Crippen LogP contribution in [0.3, 0.4) is 0 Å². The van der Waals surface area contributed by atoms with E-state index in [4.69, 9.17) is 0 Å². The second-order valence-corrected chi connectivity index (χ2v) is 6.62. The predicted molar refractivity (Wildman–Crippen MR) is 94.5 cm³/mol. The average Bonchev–Trinajstić information content (AvgIpc) is 2.56. The largest absolute Gasteiger partial charge is 0.349 e. The quantitative estimate of drug-likeness (QED) is 0.870. The van der Waals surface area contributed by atoms with Gasteiger partial charge in [0.1, 0.15) is 0 Å². The van der Waals surface area contributed by atoms with Crippen molar-refractivity contribution >= 4 is 27.9 Å². The molecule has 2 rings (SSSR count). The van der Waals surface area contributed by atoms with E-state index >= 15 is 0 Å². The number of halogens is 1. The summed E-state index contributed by atoms with van der Waals surface area (Å²) in [5.41, 5.74) is 0.654. The van der Waals surface area contributed by atoms with Crippen LogP contribution in [0.1, 0.15) is 37.0 Å². The molecule has 1 aliphatic heterocycles. The first-order valence-electron chi connectivity index (χ1n) is 8.15. The van der Waals surface area contributed by atoms with E-state index in [0.717, 1.165) is 30.4 Å². The molecular formula is C17H24BrN3O2. The summed E-state index contributed by atoms with van der Waals surface area (Å²) in [4.78, 5) is 28.3. The number of nitrogens with one attached hydrogen (secondary N) is 1. The number of nitrogens with zero attached hydrogens (tertiary/aromatic N) is 2. The first kappa shape index (κ1) is 17.8. The van der Waals surface area contributed by atoms with Crippen LogP contribution in [0.5, 0.6) is 0 Å². The van der Waals surface area contributed by atoms with E-state index in [1.807, 2.05) is 41.8 Å². The molecule has 1 N–H and O–H groups in total. The number of carbonyl (C=O) groups is 2. The van der Waals surface area contributed by atoms with E-state index in [-0.39, 0.29) is 18.0 Å². The standard InChI is InChI=1S/C17H24BrN3O2/c1-3-20(4-2)17(23)21-10-8-15(9-11-21)19-16(22)13-6-5-7-14(18)12-13/h5-7,12,15H,3-4,8-11H2,1-2H3,(H,19,22). The Balaban J connectivity index is 1.85. The van der Waals surface area contributed by atoms with Crippen molar-refractivity contribution in [3.05, 3.63) is 34.3 Å². The summed E-state index contributed by atoms with van der Waals surface area (Å²) in [6.45, 7) is 6.83. The van der Waals surface area contributed by atoms with Crippen molar-refractivity contribution in [3.8, 4) is 0 Å². The first-order chi connectivity index (χ1) is 11.0. The van der Waals surface area contributed by atoms with Crippen molar-refractivity contribution in [2.45, 2.75) is 32.7 Å². The highest BCUT2D eigenvalue weighted by Gasteiger charge is 2.26. The minimum Gasteiger partial charge on any atom is -0.349 e. The third kappa shape index (κ3) is 4.70. The monoisotopic (exact) mass is 381 g/mol. The summed E-state index contributed by atoms with van der Waals surface area (Å²) in [6, 6.07) is 7.60. The summed E-state index contributed by atoms with van der Waals surface area (Å²) < 4.78 is 0.893. The molecule has 1 aliphatic rings. The lowest BCUT2D eigenvalue weighted by molar-refractivity contribution is 0.0911. The van der Waals surface area contributed by atoms with Gasteiger partial charge in [-0.25, -0.2) is 4.79 Å². The van der Waals surface area contributed by atoms with Gasteiger partial charge in [-0.05, 0) is 44.9 Å². The summed E-state index contributed by atoms with van der Waals surface area (Å²) in [5, 5.41) is 3.07. The van der Waals surface area contributed by atoms with Crippen LogP contribution in [0.4, 0.5) is 4.79 Å². The van der Waals surface area contributed by atoms with E-state index in [0.29, 0.717) is 18.7 Å². The second kappa shape index (κ2) is 8.34. The lowest BCUT2D eigenvalue weighted by Gasteiger charge is -2.35. The highest BCUT2D eigenvalue weighted by atomic mass is 79.9. The molecule has 1 aromatic rings. The van der Waals surface area contributed by atoms with E-state index < -0.39 is 0 Å². The van der Waals surface area contributed by atoms with Gasteiger partial charge in [-0.3, -0.25) is 4.79 Å². The molecule has 0 saturated carbocycles. The lowest BCUT2D eigenvalue weighted by atomic mass is 10.0. The zero-order valence-electron chi connectivity index (χ0n) is 13.7. The molecule has 1 aromatic carbocycles. The number of urea groups is 1. The van der Waals surface area contributed by atoms with Crippen LogP contribution < -0.4 is 5.32 Å². The van der Waals surface area contributed by atoms with Crippen LogP contribution in [-0.2, 0) is 0 Å². The normalized spacial score (nSPS) is 15.3. The smallest absolute Gasteiger partial charge is 0.319 e. The van der Waals surface area contributed by atoms with Crippen LogP contribution >= 0.6 is 15.9 Å². The van der Waals surface area contributed by atoms with E-state index in [1.54, 1.807) is 6.07 Å². The summed E-state index contributed by atoms with van der Waals surface area (Å²) in [7, 11) is 0. The highest BCUT2D eigenvalue weighted by molar-refractivity contribution is 9.10. The van der Waals surface area contributed by atoms with Crippen LogP contribution in [0.15, 0.2) is 28.7 Å². The fourth-order valence-corrected chi connectivity index (χ4v) is 3.21. The van der Waals surface area contributed by atoms with Crippen molar-refractivity contribution in [2.24, 2.45) is 0 Å². The fraction of sp³-hybridized carbons (Fsp3) is 0.529. The molecule has 0 bridgehead atoms. The van der Waals surface area contributed by atoms with Crippen LogP contribution in [-0.4, -0.2) is 54.0 Å². The number of amides is 3. The van der Waals surface area contributed by atoms with Crippen molar-refractivity contribution in [2.75, 3.05) is 26.2 Å². The van der Waals surface area contributed by atoms with Crippen LogP contribution in [0.25, 0.3) is 0 Å². The zero-order valence-corrected chi connectivity index (χ0v) is 15.3. The minimum absolute atomic E-state index is 0.0557. The van der Waals surface area contributed by atoms with Crippen LogP contribution in [0, 0.1) is 0 Å². The number of piperidine rings is 1. The maximum Gasteiger partial charge on any atom is 0.319 e. The van der Waals surface area contributed by atoms with Gasteiger partial charge in [-0.1, -0.05) is 22.0 Å². The van der Waals surface area contributed by atoms with Gasteiger partial charge < -0.3 is 15.1 Å². The third-order valence-corrected chi connectivity index (χ3v) is 4.71. The van der Waals surface area contributed by atoms with Crippen molar-refractivity contribution < 1.29 is 9.59 Å². The molecule has 1 fully saturated rings. The Kier molecular flexibility index (Phi) is 6.45. The van der Waals surface area contributed by atoms with Gasteiger partial charge in [0.2, 0.25) is 0 Å². The predicted octanol–water partition coefficient (Wildman–Crippen LogP) is 3.11. The first-order valence-corrected chi connectivity index (χ1v) is 8.94. The molecular weight excluding hydrogens is 358 g/mol. The average molecular weight is 382 g/mol. The second-order valence-electron chi connectivity index (χ2n) is 5.70. The molecule has 0 atom stereocenters. The summed E-state index contributed by atoms with van der Waals surface area (Å²) in [5.74, 6) is -0.0557. The molecule has 6 heteroatoms. The molecule has 23 heavy (non-hydrogen) atoms. The molecule has 1 saturated heterocycles.